The minimum Gasteiger partial charge on any atom is -0.497 e. The summed E-state index contributed by atoms with van der Waals surface area (Å²) in [6, 6.07) is 7.74. The molecule has 0 fully saturated rings. The molecule has 1 heterocycles. The minimum atomic E-state index is -0.566. The van der Waals surface area contributed by atoms with E-state index in [1.165, 1.54) is 19.2 Å². The number of ketones is 1. The first-order chi connectivity index (χ1) is 8.70. The van der Waals surface area contributed by atoms with Crippen LogP contribution < -0.4 is 4.74 Å². The third-order valence-electron chi connectivity index (χ3n) is 2.56. The van der Waals surface area contributed by atoms with Crippen molar-refractivity contribution in [3.8, 4) is 5.75 Å². The number of pyridine rings is 1. The Morgan fingerprint density at radius 3 is 2.83 bits per heavy atom. The molecule has 0 radical (unpaired) electrons. The lowest BCUT2D eigenvalue weighted by Gasteiger charge is -2.05. The standard InChI is InChI=1S/C14H12FNO2/c1-18-11-4-5-12(13(15)8-11)14(17)7-10-3-2-6-16-9-10/h2-6,8-9H,7H2,1H3. The molecule has 1 aromatic carbocycles. The largest absolute Gasteiger partial charge is 0.497 e. The maximum Gasteiger partial charge on any atom is 0.170 e. The van der Waals surface area contributed by atoms with Gasteiger partial charge in [-0.25, -0.2) is 4.39 Å². The van der Waals surface area contributed by atoms with Gasteiger partial charge in [-0.3, -0.25) is 9.78 Å². The summed E-state index contributed by atoms with van der Waals surface area (Å²) in [6.07, 6.45) is 3.36. The topological polar surface area (TPSA) is 39.2 Å². The molecule has 0 saturated carbocycles. The number of rotatable bonds is 4. The molecule has 0 aliphatic rings. The molecular formula is C14H12FNO2. The van der Waals surface area contributed by atoms with Crippen molar-refractivity contribution >= 4 is 5.78 Å². The van der Waals surface area contributed by atoms with Crippen molar-refractivity contribution in [1.29, 1.82) is 0 Å². The van der Waals surface area contributed by atoms with Gasteiger partial charge in [-0.15, -0.1) is 0 Å². The fourth-order valence-corrected chi connectivity index (χ4v) is 1.63. The molecule has 0 atom stereocenters. The first kappa shape index (κ1) is 12.2. The average molecular weight is 245 g/mol. The number of hydrogen-bond donors (Lipinski definition) is 0. The van der Waals surface area contributed by atoms with E-state index in [1.54, 1.807) is 30.6 Å². The van der Waals surface area contributed by atoms with Crippen LogP contribution in [0.5, 0.6) is 5.75 Å². The highest BCUT2D eigenvalue weighted by molar-refractivity contribution is 5.97. The van der Waals surface area contributed by atoms with Crippen LogP contribution in [0, 0.1) is 5.82 Å². The predicted octanol–water partition coefficient (Wildman–Crippen LogP) is 2.65. The number of carbonyl (C=O) groups excluding carboxylic acids is 1. The Labute approximate surface area is 104 Å². The normalized spacial score (nSPS) is 10.1. The van der Waals surface area contributed by atoms with E-state index in [1.807, 2.05) is 0 Å². The smallest absolute Gasteiger partial charge is 0.170 e. The van der Waals surface area contributed by atoms with Gasteiger partial charge in [-0.1, -0.05) is 6.07 Å². The van der Waals surface area contributed by atoms with Crippen molar-refractivity contribution in [2.45, 2.75) is 6.42 Å². The van der Waals surface area contributed by atoms with Crippen LogP contribution in [0.25, 0.3) is 0 Å². The molecule has 0 aliphatic heterocycles. The SMILES string of the molecule is COc1ccc(C(=O)Cc2cccnc2)c(F)c1. The zero-order valence-electron chi connectivity index (χ0n) is 9.89. The van der Waals surface area contributed by atoms with Crippen LogP contribution in [0.15, 0.2) is 42.7 Å². The summed E-state index contributed by atoms with van der Waals surface area (Å²) >= 11 is 0. The summed E-state index contributed by atoms with van der Waals surface area (Å²) < 4.78 is 18.6. The zero-order chi connectivity index (χ0) is 13.0. The number of hydrogen-bond acceptors (Lipinski definition) is 3. The molecule has 0 saturated heterocycles. The van der Waals surface area contributed by atoms with Gasteiger partial charge in [0.15, 0.2) is 5.78 Å². The molecule has 0 N–H and O–H groups in total. The third kappa shape index (κ3) is 2.71. The Hall–Kier alpha value is -2.23. The Bertz CT molecular complexity index is 555. The molecule has 1 aromatic heterocycles. The Morgan fingerprint density at radius 2 is 2.22 bits per heavy atom. The highest BCUT2D eigenvalue weighted by Crippen LogP contribution is 2.17. The number of halogens is 1. The summed E-state index contributed by atoms with van der Waals surface area (Å²) in [5.41, 5.74) is 0.831. The van der Waals surface area contributed by atoms with Gasteiger partial charge in [-0.05, 0) is 23.8 Å². The average Bonchev–Trinajstić information content (AvgIpc) is 2.39. The fraction of sp³-hybridized carbons (Fsp3) is 0.143. The zero-order valence-corrected chi connectivity index (χ0v) is 9.89. The maximum atomic E-state index is 13.7. The van der Waals surface area contributed by atoms with Crippen LogP contribution in [0.3, 0.4) is 0 Å². The van der Waals surface area contributed by atoms with Crippen LogP contribution in [-0.2, 0) is 6.42 Å². The number of Topliss-reactive ketones (excluding diaryl/α,β-unsaturated/α-hetero) is 1. The molecule has 0 bridgehead atoms. The van der Waals surface area contributed by atoms with E-state index in [0.717, 1.165) is 5.56 Å². The number of aromatic nitrogens is 1. The lowest BCUT2D eigenvalue weighted by molar-refractivity contribution is 0.0989. The van der Waals surface area contributed by atoms with Gasteiger partial charge >= 0.3 is 0 Å². The number of nitrogens with zero attached hydrogens (tertiary/aromatic N) is 1. The van der Waals surface area contributed by atoms with E-state index >= 15 is 0 Å². The summed E-state index contributed by atoms with van der Waals surface area (Å²) in [5, 5.41) is 0. The number of methoxy groups -OCH3 is 1. The Morgan fingerprint density at radius 1 is 1.39 bits per heavy atom. The Kier molecular flexibility index (Phi) is 3.67. The molecule has 92 valence electrons. The van der Waals surface area contributed by atoms with E-state index in [4.69, 9.17) is 4.74 Å². The quantitative estimate of drug-likeness (QED) is 0.777. The molecule has 18 heavy (non-hydrogen) atoms. The van der Waals surface area contributed by atoms with Crippen molar-refractivity contribution in [3.05, 3.63) is 59.7 Å². The second kappa shape index (κ2) is 5.40. The molecule has 3 nitrogen and oxygen atoms in total. The van der Waals surface area contributed by atoms with E-state index in [-0.39, 0.29) is 17.8 Å². The van der Waals surface area contributed by atoms with Gasteiger partial charge in [0, 0.05) is 24.9 Å². The van der Waals surface area contributed by atoms with E-state index < -0.39 is 5.82 Å². The van der Waals surface area contributed by atoms with Crippen LogP contribution >= 0.6 is 0 Å². The van der Waals surface area contributed by atoms with Crippen LogP contribution in [-0.4, -0.2) is 17.9 Å². The van der Waals surface area contributed by atoms with Gasteiger partial charge in [0.25, 0.3) is 0 Å². The van der Waals surface area contributed by atoms with Gasteiger partial charge in [0.2, 0.25) is 0 Å². The number of carbonyl (C=O) groups is 1. The molecule has 0 amide bonds. The van der Waals surface area contributed by atoms with Crippen LogP contribution in [0.4, 0.5) is 4.39 Å². The van der Waals surface area contributed by atoms with Crippen LogP contribution in [0.1, 0.15) is 15.9 Å². The van der Waals surface area contributed by atoms with E-state index in [9.17, 15) is 9.18 Å². The summed E-state index contributed by atoms with van der Waals surface area (Å²) in [7, 11) is 1.45. The first-order valence-corrected chi connectivity index (χ1v) is 5.46. The molecule has 2 aromatic rings. The minimum absolute atomic E-state index is 0.0691. The molecule has 2 rings (SSSR count). The lowest BCUT2D eigenvalue weighted by Crippen LogP contribution is -2.06. The molecule has 0 unspecified atom stereocenters. The molecule has 0 aliphatic carbocycles. The monoisotopic (exact) mass is 245 g/mol. The third-order valence-corrected chi connectivity index (χ3v) is 2.56. The summed E-state index contributed by atoms with van der Waals surface area (Å²) in [6.45, 7) is 0. The van der Waals surface area contributed by atoms with Crippen molar-refractivity contribution in [2.24, 2.45) is 0 Å². The summed E-state index contributed by atoms with van der Waals surface area (Å²) in [5.74, 6) is -0.447. The predicted molar refractivity (Wildman–Crippen MR) is 65.2 cm³/mol. The first-order valence-electron chi connectivity index (χ1n) is 5.46. The highest BCUT2D eigenvalue weighted by atomic mass is 19.1. The van der Waals surface area contributed by atoms with Crippen molar-refractivity contribution in [2.75, 3.05) is 7.11 Å². The highest BCUT2D eigenvalue weighted by Gasteiger charge is 2.13. The molecule has 0 spiro atoms. The summed E-state index contributed by atoms with van der Waals surface area (Å²) in [4.78, 5) is 15.8. The molecular weight excluding hydrogens is 233 g/mol. The van der Waals surface area contributed by atoms with Gasteiger partial charge in [0.1, 0.15) is 11.6 Å². The van der Waals surface area contributed by atoms with Crippen molar-refractivity contribution in [3.63, 3.8) is 0 Å². The van der Waals surface area contributed by atoms with Crippen LogP contribution in [0.2, 0.25) is 0 Å². The van der Waals surface area contributed by atoms with Crippen molar-refractivity contribution < 1.29 is 13.9 Å². The fourth-order valence-electron chi connectivity index (χ4n) is 1.63. The second-order valence-electron chi connectivity index (χ2n) is 3.81. The second-order valence-corrected chi connectivity index (χ2v) is 3.81. The molecule has 4 heteroatoms. The number of benzene rings is 1. The Balaban J connectivity index is 2.19. The number of ether oxygens (including phenoxy) is 1. The van der Waals surface area contributed by atoms with E-state index in [0.29, 0.717) is 5.75 Å². The van der Waals surface area contributed by atoms with Crippen molar-refractivity contribution in [1.82, 2.24) is 4.98 Å². The van der Waals surface area contributed by atoms with Gasteiger partial charge in [-0.2, -0.15) is 0 Å². The maximum absolute atomic E-state index is 13.7. The van der Waals surface area contributed by atoms with Gasteiger partial charge < -0.3 is 4.74 Å². The van der Waals surface area contributed by atoms with Gasteiger partial charge in [0.05, 0.1) is 12.7 Å². The lowest BCUT2D eigenvalue weighted by atomic mass is 10.0. The van der Waals surface area contributed by atoms with E-state index in [2.05, 4.69) is 4.98 Å².